The Hall–Kier alpha value is -0.680. The molecule has 21 heavy (non-hydrogen) atoms. The number of rotatable bonds is 1. The lowest BCUT2D eigenvalue weighted by molar-refractivity contribution is -0.329. The third-order valence-electron chi connectivity index (χ3n) is 5.99. The van der Waals surface area contributed by atoms with Gasteiger partial charge in [-0.25, -0.2) is 13.2 Å². The Morgan fingerprint density at radius 2 is 1.62 bits per heavy atom. The average molecular weight is 312 g/mol. The fourth-order valence-corrected chi connectivity index (χ4v) is 5.42. The van der Waals surface area contributed by atoms with Gasteiger partial charge in [-0.3, -0.25) is 0 Å². The molecule has 7 atom stereocenters. The van der Waals surface area contributed by atoms with Gasteiger partial charge in [0.25, 0.3) is 11.6 Å². The largest absolute Gasteiger partial charge is 0.428 e. The first-order chi connectivity index (χ1) is 9.57. The van der Waals surface area contributed by atoms with Gasteiger partial charge in [0.2, 0.25) is 0 Å². The summed E-state index contributed by atoms with van der Waals surface area (Å²) in [5.74, 6) is -8.84. The van der Waals surface area contributed by atoms with Crippen LogP contribution in [0.2, 0.25) is 0 Å². The normalized spacial score (nSPS) is 51.8. The molecule has 0 aliphatic heterocycles. The number of alkyl halides is 6. The summed E-state index contributed by atoms with van der Waals surface area (Å²) in [7, 11) is 0. The van der Waals surface area contributed by atoms with E-state index >= 15 is 0 Å². The highest BCUT2D eigenvalue weighted by Crippen LogP contribution is 2.74. The average Bonchev–Trinajstić information content (AvgIpc) is 2.93. The summed E-state index contributed by atoms with van der Waals surface area (Å²) in [6.45, 7) is 3.54. The van der Waals surface area contributed by atoms with Gasteiger partial charge in [-0.2, -0.15) is 13.2 Å². The molecular weight excluding hydrogens is 294 g/mol. The number of hydrogen-bond acceptors (Lipinski definition) is 0. The van der Waals surface area contributed by atoms with Crippen molar-refractivity contribution in [2.45, 2.75) is 44.5 Å². The highest BCUT2D eigenvalue weighted by Gasteiger charge is 2.86. The van der Waals surface area contributed by atoms with Gasteiger partial charge in [-0.15, -0.1) is 0 Å². The minimum absolute atomic E-state index is 0.0881. The van der Waals surface area contributed by atoms with Crippen LogP contribution in [-0.4, -0.2) is 17.8 Å². The third kappa shape index (κ3) is 1.59. The SMILES string of the molecule is CC=CC1CC(C)C2C1C1CC2C(F)(F)C1(F)C(F)(F)F. The van der Waals surface area contributed by atoms with E-state index in [4.69, 9.17) is 0 Å². The molecule has 3 aliphatic carbocycles. The number of allylic oxidation sites excluding steroid dienone is 2. The predicted octanol–water partition coefficient (Wildman–Crippen LogP) is 5.01. The van der Waals surface area contributed by atoms with Gasteiger partial charge in [0.05, 0.1) is 0 Å². The molecule has 0 aromatic rings. The van der Waals surface area contributed by atoms with Crippen LogP contribution in [0.25, 0.3) is 0 Å². The maximum atomic E-state index is 14.6. The van der Waals surface area contributed by atoms with Crippen LogP contribution < -0.4 is 0 Å². The van der Waals surface area contributed by atoms with Gasteiger partial charge in [0.1, 0.15) is 0 Å². The predicted molar refractivity (Wildman–Crippen MR) is 65.5 cm³/mol. The lowest BCUT2D eigenvalue weighted by Crippen LogP contribution is -2.62. The van der Waals surface area contributed by atoms with Crippen LogP contribution in [0.1, 0.15) is 26.7 Å². The topological polar surface area (TPSA) is 0 Å². The number of halogens is 6. The zero-order valence-electron chi connectivity index (χ0n) is 11.8. The summed E-state index contributed by atoms with van der Waals surface area (Å²) in [6.07, 6.45) is -1.82. The van der Waals surface area contributed by atoms with E-state index in [1.807, 2.05) is 0 Å². The van der Waals surface area contributed by atoms with Crippen molar-refractivity contribution in [3.8, 4) is 0 Å². The molecule has 3 aliphatic rings. The highest BCUT2D eigenvalue weighted by molar-refractivity contribution is 5.24. The van der Waals surface area contributed by atoms with Crippen LogP contribution in [0.3, 0.4) is 0 Å². The molecule has 3 saturated carbocycles. The smallest absolute Gasteiger partial charge is 0.227 e. The first-order valence-electron chi connectivity index (χ1n) is 7.33. The molecular formula is C15H18F6. The first kappa shape index (κ1) is 15.2. The van der Waals surface area contributed by atoms with E-state index in [-0.39, 0.29) is 18.3 Å². The van der Waals surface area contributed by atoms with Crippen molar-refractivity contribution in [1.29, 1.82) is 0 Å². The van der Waals surface area contributed by atoms with Crippen LogP contribution in [-0.2, 0) is 0 Å². The molecule has 0 saturated heterocycles. The van der Waals surface area contributed by atoms with E-state index in [9.17, 15) is 26.3 Å². The fourth-order valence-electron chi connectivity index (χ4n) is 5.42. The molecule has 0 aromatic heterocycles. The van der Waals surface area contributed by atoms with Gasteiger partial charge in [0, 0.05) is 11.8 Å². The van der Waals surface area contributed by atoms with Gasteiger partial charge in [-0.05, 0) is 43.4 Å². The zero-order chi connectivity index (χ0) is 15.8. The third-order valence-corrected chi connectivity index (χ3v) is 5.99. The van der Waals surface area contributed by atoms with E-state index in [2.05, 4.69) is 0 Å². The van der Waals surface area contributed by atoms with Crippen molar-refractivity contribution in [2.75, 3.05) is 0 Å². The minimum atomic E-state index is -5.52. The van der Waals surface area contributed by atoms with Crippen LogP contribution in [0.15, 0.2) is 12.2 Å². The molecule has 0 N–H and O–H groups in total. The highest BCUT2D eigenvalue weighted by atomic mass is 19.4. The molecule has 0 heterocycles. The zero-order valence-corrected chi connectivity index (χ0v) is 11.8. The van der Waals surface area contributed by atoms with Crippen LogP contribution >= 0.6 is 0 Å². The van der Waals surface area contributed by atoms with Crippen molar-refractivity contribution < 1.29 is 26.3 Å². The Balaban J connectivity index is 2.07. The van der Waals surface area contributed by atoms with E-state index in [0.717, 1.165) is 0 Å². The molecule has 3 rings (SSSR count). The van der Waals surface area contributed by atoms with Crippen LogP contribution in [0.4, 0.5) is 26.3 Å². The molecule has 0 nitrogen and oxygen atoms in total. The minimum Gasteiger partial charge on any atom is -0.227 e. The lowest BCUT2D eigenvalue weighted by atomic mass is 9.67. The molecule has 2 bridgehead atoms. The molecule has 0 aromatic carbocycles. The van der Waals surface area contributed by atoms with E-state index < -0.39 is 41.4 Å². The molecule has 6 heteroatoms. The van der Waals surface area contributed by atoms with Crippen LogP contribution in [0.5, 0.6) is 0 Å². The summed E-state index contributed by atoms with van der Waals surface area (Å²) >= 11 is 0. The fraction of sp³-hybridized carbons (Fsp3) is 0.867. The molecule has 0 radical (unpaired) electrons. The summed E-state index contributed by atoms with van der Waals surface area (Å²) < 4.78 is 82.2. The Labute approximate surface area is 119 Å². The first-order valence-corrected chi connectivity index (χ1v) is 7.33. The van der Waals surface area contributed by atoms with Crippen LogP contribution in [0, 0.1) is 35.5 Å². The maximum absolute atomic E-state index is 14.6. The Bertz CT molecular complexity index is 467. The van der Waals surface area contributed by atoms with Gasteiger partial charge in [-0.1, -0.05) is 19.1 Å². The van der Waals surface area contributed by atoms with Gasteiger partial charge in [0.15, 0.2) is 0 Å². The Morgan fingerprint density at radius 1 is 1.00 bits per heavy atom. The van der Waals surface area contributed by atoms with Crippen molar-refractivity contribution in [2.24, 2.45) is 35.5 Å². The molecule has 0 spiro atoms. The standard InChI is InChI=1S/C15H18F6/c1-3-4-8-5-7(2)11-10-6-9(12(8)11)13(16,14(10,17)18)15(19,20)21/h3-4,7-12H,5-6H2,1-2H3. The lowest BCUT2D eigenvalue weighted by Gasteiger charge is -2.44. The summed E-state index contributed by atoms with van der Waals surface area (Å²) in [5, 5.41) is 0. The van der Waals surface area contributed by atoms with E-state index in [1.54, 1.807) is 26.0 Å². The number of fused-ring (bicyclic) bond motifs is 5. The van der Waals surface area contributed by atoms with E-state index in [0.29, 0.717) is 6.42 Å². The van der Waals surface area contributed by atoms with Crippen molar-refractivity contribution in [3.63, 3.8) is 0 Å². The summed E-state index contributed by atoms with van der Waals surface area (Å²) in [4.78, 5) is 0. The second-order valence-corrected chi connectivity index (χ2v) is 6.84. The van der Waals surface area contributed by atoms with Crippen molar-refractivity contribution >= 4 is 0 Å². The van der Waals surface area contributed by atoms with Crippen molar-refractivity contribution in [1.82, 2.24) is 0 Å². The van der Waals surface area contributed by atoms with Gasteiger partial charge >= 0.3 is 6.18 Å². The Morgan fingerprint density at radius 3 is 2.14 bits per heavy atom. The quantitative estimate of drug-likeness (QED) is 0.472. The second kappa shape index (κ2) is 4.19. The summed E-state index contributed by atoms with van der Waals surface area (Å²) in [6, 6.07) is 0. The second-order valence-electron chi connectivity index (χ2n) is 6.84. The molecule has 7 unspecified atom stereocenters. The monoisotopic (exact) mass is 312 g/mol. The maximum Gasteiger partial charge on any atom is 0.428 e. The number of hydrogen-bond donors (Lipinski definition) is 0. The summed E-state index contributed by atoms with van der Waals surface area (Å²) in [5.41, 5.74) is -4.37. The Kier molecular flexibility index (Phi) is 3.04. The molecule has 120 valence electrons. The van der Waals surface area contributed by atoms with Gasteiger partial charge < -0.3 is 0 Å². The molecule has 3 fully saturated rings. The van der Waals surface area contributed by atoms with Crippen molar-refractivity contribution in [3.05, 3.63) is 12.2 Å². The molecule has 0 amide bonds. The van der Waals surface area contributed by atoms with E-state index in [1.165, 1.54) is 0 Å².